The number of hydrogen-bond acceptors (Lipinski definition) is 8. The first-order valence-electron chi connectivity index (χ1n) is 11.4. The van der Waals surface area contributed by atoms with Crippen molar-refractivity contribution in [2.24, 2.45) is 0 Å². The fourth-order valence-electron chi connectivity index (χ4n) is 5.12. The lowest BCUT2D eigenvalue weighted by molar-refractivity contribution is -0.0395. The molecule has 2 saturated heterocycles. The van der Waals surface area contributed by atoms with Crippen LogP contribution in [0.15, 0.2) is 6.33 Å². The van der Waals surface area contributed by atoms with Crippen molar-refractivity contribution < 1.29 is 9.47 Å². The highest BCUT2D eigenvalue weighted by Crippen LogP contribution is 2.44. The van der Waals surface area contributed by atoms with Gasteiger partial charge >= 0.3 is 0 Å². The fourth-order valence-corrected chi connectivity index (χ4v) is 6.24. The van der Waals surface area contributed by atoms with Crippen molar-refractivity contribution in [3.05, 3.63) is 17.5 Å². The van der Waals surface area contributed by atoms with Crippen molar-refractivity contribution in [3.63, 3.8) is 0 Å². The van der Waals surface area contributed by atoms with E-state index in [1.807, 2.05) is 0 Å². The minimum Gasteiger partial charge on any atom is -0.376 e. The van der Waals surface area contributed by atoms with Gasteiger partial charge in [-0.1, -0.05) is 0 Å². The topological polar surface area (TPSA) is 72.4 Å². The third kappa shape index (κ3) is 3.45. The third-order valence-corrected chi connectivity index (χ3v) is 7.81. The van der Waals surface area contributed by atoms with Gasteiger partial charge in [-0.15, -0.1) is 11.3 Å². The SMILES string of the molecule is CC1(C)Cc2c(c(N3CCCC3)nc3sc4c(NCC5CCCO5)ncnc4c23)CO1. The Morgan fingerprint density at radius 1 is 1.19 bits per heavy atom. The standard InChI is InChI=1S/C23H29N5O2S/c1-23(2)10-15-16(12-30-23)21(28-7-3-4-8-28)27-22-17(15)18-19(31-22)20(26-13-25-18)24-11-14-6-5-9-29-14/h13-14H,3-12H2,1-2H3,(H,24,25,26). The number of ether oxygens (including phenoxy) is 2. The first-order chi connectivity index (χ1) is 15.1. The van der Waals surface area contributed by atoms with E-state index in [9.17, 15) is 0 Å². The van der Waals surface area contributed by atoms with Crippen LogP contribution in [-0.2, 0) is 22.5 Å². The molecule has 0 aromatic carbocycles. The Morgan fingerprint density at radius 3 is 2.87 bits per heavy atom. The van der Waals surface area contributed by atoms with Gasteiger partial charge in [0.25, 0.3) is 0 Å². The molecule has 0 spiro atoms. The second kappa shape index (κ2) is 7.53. The molecule has 8 heteroatoms. The molecule has 7 nitrogen and oxygen atoms in total. The third-order valence-electron chi connectivity index (χ3n) is 6.73. The molecule has 31 heavy (non-hydrogen) atoms. The van der Waals surface area contributed by atoms with Crippen molar-refractivity contribution in [3.8, 4) is 0 Å². The van der Waals surface area contributed by atoms with Gasteiger partial charge in [0.05, 0.1) is 28.5 Å². The Bertz CT molecular complexity index is 1130. The van der Waals surface area contributed by atoms with Gasteiger partial charge in [0.2, 0.25) is 0 Å². The van der Waals surface area contributed by atoms with E-state index in [-0.39, 0.29) is 11.7 Å². The quantitative estimate of drug-likeness (QED) is 0.650. The molecule has 164 valence electrons. The summed E-state index contributed by atoms with van der Waals surface area (Å²) in [5.41, 5.74) is 3.43. The predicted octanol–water partition coefficient (Wildman–Crippen LogP) is 4.28. The highest BCUT2D eigenvalue weighted by Gasteiger charge is 2.33. The van der Waals surface area contributed by atoms with Crippen LogP contribution in [0.25, 0.3) is 20.4 Å². The summed E-state index contributed by atoms with van der Waals surface area (Å²) in [4.78, 5) is 18.0. The van der Waals surface area contributed by atoms with Gasteiger partial charge in [-0.25, -0.2) is 15.0 Å². The molecule has 1 unspecified atom stereocenters. The summed E-state index contributed by atoms with van der Waals surface area (Å²) in [5, 5.41) is 4.72. The van der Waals surface area contributed by atoms with Gasteiger partial charge in [0, 0.05) is 43.6 Å². The van der Waals surface area contributed by atoms with Crippen LogP contribution in [0.2, 0.25) is 0 Å². The van der Waals surface area contributed by atoms with E-state index in [1.165, 1.54) is 29.4 Å². The largest absolute Gasteiger partial charge is 0.376 e. The van der Waals surface area contributed by atoms with Gasteiger partial charge in [0.15, 0.2) is 0 Å². The maximum atomic E-state index is 6.23. The fraction of sp³-hybridized carbons (Fsp3) is 0.609. The van der Waals surface area contributed by atoms with Crippen LogP contribution in [0.5, 0.6) is 0 Å². The first-order valence-corrected chi connectivity index (χ1v) is 12.2. The normalized spacial score (nSPS) is 23.0. The summed E-state index contributed by atoms with van der Waals surface area (Å²) in [7, 11) is 0. The molecule has 0 saturated carbocycles. The maximum Gasteiger partial charge on any atom is 0.147 e. The number of anilines is 2. The summed E-state index contributed by atoms with van der Waals surface area (Å²) in [6, 6.07) is 0. The Labute approximate surface area is 186 Å². The molecular weight excluding hydrogens is 410 g/mol. The van der Waals surface area contributed by atoms with E-state index in [0.29, 0.717) is 6.61 Å². The molecule has 0 radical (unpaired) electrons. The van der Waals surface area contributed by atoms with Crippen LogP contribution in [0.4, 0.5) is 11.6 Å². The van der Waals surface area contributed by atoms with Crippen LogP contribution in [0.3, 0.4) is 0 Å². The molecule has 6 rings (SSSR count). The van der Waals surface area contributed by atoms with Crippen molar-refractivity contribution in [2.45, 2.75) is 64.3 Å². The van der Waals surface area contributed by atoms with Crippen LogP contribution < -0.4 is 10.2 Å². The zero-order chi connectivity index (χ0) is 21.0. The maximum absolute atomic E-state index is 6.23. The lowest BCUT2D eigenvalue weighted by Gasteiger charge is -2.34. The number of hydrogen-bond donors (Lipinski definition) is 1. The number of nitrogens with zero attached hydrogens (tertiary/aromatic N) is 4. The summed E-state index contributed by atoms with van der Waals surface area (Å²) >= 11 is 1.71. The predicted molar refractivity (Wildman–Crippen MR) is 124 cm³/mol. The van der Waals surface area contributed by atoms with Crippen molar-refractivity contribution in [2.75, 3.05) is 36.5 Å². The minimum absolute atomic E-state index is 0.189. The van der Waals surface area contributed by atoms with Crippen molar-refractivity contribution in [1.29, 1.82) is 0 Å². The second-order valence-electron chi connectivity index (χ2n) is 9.51. The zero-order valence-electron chi connectivity index (χ0n) is 18.2. The number of pyridine rings is 1. The molecule has 3 aliphatic rings. The zero-order valence-corrected chi connectivity index (χ0v) is 19.1. The average molecular weight is 440 g/mol. The van der Waals surface area contributed by atoms with E-state index in [0.717, 1.165) is 72.2 Å². The molecule has 1 atom stereocenters. The molecule has 1 N–H and O–H groups in total. The molecule has 6 heterocycles. The van der Waals surface area contributed by atoms with Gasteiger partial charge in [-0.3, -0.25) is 0 Å². The lowest BCUT2D eigenvalue weighted by Crippen LogP contribution is -2.33. The Morgan fingerprint density at radius 2 is 2.06 bits per heavy atom. The number of fused-ring (bicyclic) bond motifs is 5. The van der Waals surface area contributed by atoms with Crippen molar-refractivity contribution >= 4 is 43.4 Å². The van der Waals surface area contributed by atoms with Gasteiger partial charge in [-0.2, -0.15) is 0 Å². The van der Waals surface area contributed by atoms with Gasteiger partial charge in [0.1, 0.15) is 22.8 Å². The van der Waals surface area contributed by atoms with Gasteiger partial charge < -0.3 is 19.7 Å². The average Bonchev–Trinajstić information content (AvgIpc) is 3.51. The molecule has 3 aliphatic heterocycles. The Kier molecular flexibility index (Phi) is 4.77. The van der Waals surface area contributed by atoms with E-state index in [1.54, 1.807) is 17.7 Å². The summed E-state index contributed by atoms with van der Waals surface area (Å²) in [6.45, 7) is 8.77. The molecule has 3 aromatic heterocycles. The second-order valence-corrected chi connectivity index (χ2v) is 10.5. The van der Waals surface area contributed by atoms with Gasteiger partial charge in [-0.05, 0) is 45.1 Å². The van der Waals surface area contributed by atoms with E-state index < -0.39 is 0 Å². The van der Waals surface area contributed by atoms with E-state index >= 15 is 0 Å². The first kappa shape index (κ1) is 19.6. The molecular formula is C23H29N5O2S. The smallest absolute Gasteiger partial charge is 0.147 e. The summed E-state index contributed by atoms with van der Waals surface area (Å²) in [6.07, 6.45) is 7.53. The molecule has 0 aliphatic carbocycles. The van der Waals surface area contributed by atoms with Crippen LogP contribution in [0.1, 0.15) is 50.7 Å². The Hall–Kier alpha value is -2.03. The molecule has 3 aromatic rings. The number of aromatic nitrogens is 3. The van der Waals surface area contributed by atoms with E-state index in [4.69, 9.17) is 19.4 Å². The van der Waals surface area contributed by atoms with Crippen LogP contribution in [0, 0.1) is 0 Å². The van der Waals surface area contributed by atoms with Crippen LogP contribution >= 0.6 is 11.3 Å². The summed E-state index contributed by atoms with van der Waals surface area (Å²) < 4.78 is 13.1. The van der Waals surface area contributed by atoms with Crippen LogP contribution in [-0.4, -0.2) is 52.9 Å². The van der Waals surface area contributed by atoms with E-state index in [2.05, 4.69) is 29.0 Å². The number of nitrogens with one attached hydrogen (secondary N) is 1. The van der Waals surface area contributed by atoms with Crippen molar-refractivity contribution in [1.82, 2.24) is 15.0 Å². The molecule has 0 amide bonds. The molecule has 2 fully saturated rings. The highest BCUT2D eigenvalue weighted by atomic mass is 32.1. The minimum atomic E-state index is -0.189. The number of rotatable bonds is 4. The monoisotopic (exact) mass is 439 g/mol. The highest BCUT2D eigenvalue weighted by molar-refractivity contribution is 7.26. The Balaban J connectivity index is 1.50. The number of thiophene rings is 1. The molecule has 0 bridgehead atoms. The summed E-state index contributed by atoms with van der Waals surface area (Å²) in [5.74, 6) is 2.01. The lowest BCUT2D eigenvalue weighted by atomic mass is 9.90.